The molecule has 180 valence electrons. The highest BCUT2D eigenvalue weighted by Crippen LogP contribution is 2.46. The predicted octanol–water partition coefficient (Wildman–Crippen LogP) is 9.10. The van der Waals surface area contributed by atoms with Crippen LogP contribution in [0.25, 0.3) is 22.3 Å². The number of hydrogen-bond donors (Lipinski definition) is 2. The van der Waals surface area contributed by atoms with Gasteiger partial charge in [-0.25, -0.2) is 0 Å². The summed E-state index contributed by atoms with van der Waals surface area (Å²) in [6.45, 7) is 4.48. The van der Waals surface area contributed by atoms with Crippen LogP contribution < -0.4 is 0 Å². The zero-order chi connectivity index (χ0) is 24.7. The van der Waals surface area contributed by atoms with Crippen LogP contribution in [0.15, 0.2) is 97.1 Å². The van der Waals surface area contributed by atoms with E-state index in [-0.39, 0.29) is 5.41 Å². The van der Waals surface area contributed by atoms with Crippen LogP contribution in [0.2, 0.25) is 0 Å². The third-order valence-electron chi connectivity index (χ3n) is 7.15. The molecule has 0 unspecified atom stereocenters. The maximum atomic E-state index is 10.8. The molecule has 0 heterocycles. The summed E-state index contributed by atoms with van der Waals surface area (Å²) in [5, 5.41) is 21.5. The largest absolute Gasteiger partial charge is 0.507 e. The highest BCUT2D eigenvalue weighted by Gasteiger charge is 2.34. The minimum Gasteiger partial charge on any atom is -0.507 e. The zero-order valence-electron chi connectivity index (χ0n) is 20.9. The number of phenolic OH excluding ortho intramolecular Hbond substituents is 2. The van der Waals surface area contributed by atoms with E-state index in [1.165, 1.54) is 17.5 Å². The van der Waals surface area contributed by atoms with E-state index in [1.54, 1.807) is 0 Å². The van der Waals surface area contributed by atoms with Gasteiger partial charge in [0.1, 0.15) is 11.5 Å². The summed E-state index contributed by atoms with van der Waals surface area (Å²) in [4.78, 5) is 0. The zero-order valence-corrected chi connectivity index (χ0v) is 20.9. The van der Waals surface area contributed by atoms with Crippen molar-refractivity contribution in [1.29, 1.82) is 0 Å². The van der Waals surface area contributed by atoms with Gasteiger partial charge in [-0.15, -0.1) is 0 Å². The van der Waals surface area contributed by atoms with Gasteiger partial charge in [0, 0.05) is 16.5 Å². The molecular formula is C33H36O2. The van der Waals surface area contributed by atoms with Crippen molar-refractivity contribution in [2.45, 2.75) is 57.8 Å². The molecule has 0 spiro atoms. The molecule has 4 rings (SSSR count). The summed E-state index contributed by atoms with van der Waals surface area (Å²) in [6, 6.07) is 32.5. The van der Waals surface area contributed by atoms with Crippen LogP contribution in [-0.4, -0.2) is 10.2 Å². The Morgan fingerprint density at radius 2 is 1.03 bits per heavy atom. The van der Waals surface area contributed by atoms with Crippen molar-refractivity contribution >= 4 is 0 Å². The number of hydrogen-bond acceptors (Lipinski definition) is 2. The first-order valence-electron chi connectivity index (χ1n) is 12.9. The summed E-state index contributed by atoms with van der Waals surface area (Å²) in [5.74, 6) is 0.601. The van der Waals surface area contributed by atoms with Crippen LogP contribution in [-0.2, 0) is 5.41 Å². The normalized spacial score (nSPS) is 11.5. The van der Waals surface area contributed by atoms with Gasteiger partial charge in [0.25, 0.3) is 0 Å². The van der Waals surface area contributed by atoms with Crippen molar-refractivity contribution in [3.05, 3.63) is 108 Å². The molecule has 0 aromatic heterocycles. The van der Waals surface area contributed by atoms with Gasteiger partial charge in [-0.3, -0.25) is 0 Å². The molecule has 4 aromatic carbocycles. The third kappa shape index (κ3) is 5.27. The molecule has 0 radical (unpaired) electrons. The Kier molecular flexibility index (Phi) is 7.92. The van der Waals surface area contributed by atoms with Crippen LogP contribution in [0.5, 0.6) is 11.5 Å². The van der Waals surface area contributed by atoms with E-state index >= 15 is 0 Å². The first-order valence-corrected chi connectivity index (χ1v) is 12.9. The molecule has 2 N–H and O–H groups in total. The molecule has 2 heteroatoms. The van der Waals surface area contributed by atoms with Gasteiger partial charge in [-0.2, -0.15) is 0 Å². The Bertz CT molecular complexity index is 1140. The second kappa shape index (κ2) is 11.3. The molecule has 35 heavy (non-hydrogen) atoms. The van der Waals surface area contributed by atoms with E-state index in [0.717, 1.165) is 54.4 Å². The monoisotopic (exact) mass is 464 g/mol. The van der Waals surface area contributed by atoms with E-state index < -0.39 is 0 Å². The van der Waals surface area contributed by atoms with Gasteiger partial charge >= 0.3 is 0 Å². The van der Waals surface area contributed by atoms with Crippen molar-refractivity contribution in [1.82, 2.24) is 0 Å². The van der Waals surface area contributed by atoms with Crippen molar-refractivity contribution in [2.24, 2.45) is 0 Å². The smallest absolute Gasteiger partial charge is 0.123 e. The van der Waals surface area contributed by atoms with Crippen LogP contribution in [0.3, 0.4) is 0 Å². The summed E-state index contributed by atoms with van der Waals surface area (Å²) in [5.41, 5.74) is 5.98. The van der Waals surface area contributed by atoms with Gasteiger partial charge in [-0.1, -0.05) is 112 Å². The van der Waals surface area contributed by atoms with E-state index in [0.29, 0.717) is 11.5 Å². The topological polar surface area (TPSA) is 40.5 Å². The minimum absolute atomic E-state index is 0.210. The Morgan fingerprint density at radius 3 is 1.46 bits per heavy atom. The van der Waals surface area contributed by atoms with Gasteiger partial charge in [-0.05, 0) is 59.4 Å². The van der Waals surface area contributed by atoms with E-state index in [4.69, 9.17) is 0 Å². The van der Waals surface area contributed by atoms with Gasteiger partial charge < -0.3 is 10.2 Å². The first kappa shape index (κ1) is 24.6. The summed E-state index contributed by atoms with van der Waals surface area (Å²) < 4.78 is 0. The number of phenols is 2. The fraction of sp³-hybridized carbons (Fsp3) is 0.273. The lowest BCUT2D eigenvalue weighted by molar-refractivity contribution is 0.408. The summed E-state index contributed by atoms with van der Waals surface area (Å²) in [7, 11) is 0. The van der Waals surface area contributed by atoms with E-state index in [1.807, 2.05) is 72.8 Å². The summed E-state index contributed by atoms with van der Waals surface area (Å²) >= 11 is 0. The van der Waals surface area contributed by atoms with Crippen LogP contribution in [0, 0.1) is 0 Å². The Hall–Kier alpha value is -3.52. The van der Waals surface area contributed by atoms with Gasteiger partial charge in [0.15, 0.2) is 0 Å². The molecule has 0 aliphatic rings. The second-order valence-corrected chi connectivity index (χ2v) is 9.49. The molecule has 0 bridgehead atoms. The van der Waals surface area contributed by atoms with Crippen molar-refractivity contribution < 1.29 is 10.2 Å². The van der Waals surface area contributed by atoms with Crippen LogP contribution >= 0.6 is 0 Å². The molecule has 2 nitrogen and oxygen atoms in total. The van der Waals surface area contributed by atoms with Crippen molar-refractivity contribution in [3.63, 3.8) is 0 Å². The fourth-order valence-electron chi connectivity index (χ4n) is 5.34. The lowest BCUT2D eigenvalue weighted by atomic mass is 9.67. The summed E-state index contributed by atoms with van der Waals surface area (Å²) in [6.07, 6.45) is 6.52. The van der Waals surface area contributed by atoms with E-state index in [2.05, 4.69) is 38.1 Å². The Morgan fingerprint density at radius 1 is 0.543 bits per heavy atom. The predicted molar refractivity (Wildman–Crippen MR) is 147 cm³/mol. The molecule has 0 aliphatic carbocycles. The number of unbranched alkanes of at least 4 members (excludes halogenated alkanes) is 2. The molecule has 0 saturated carbocycles. The maximum Gasteiger partial charge on any atom is 0.123 e. The third-order valence-corrected chi connectivity index (χ3v) is 7.15. The number of rotatable bonds is 10. The standard InChI is InChI=1S/C33H36O2/c1-3-5-12-22-33(21-4-2,27-17-19-31(34)29(23-27)25-13-8-6-9-14-25)28-18-20-32(35)30(24-28)26-15-10-7-11-16-26/h6-11,13-20,23-24,34-35H,3-5,12,21-22H2,1-2H3. The minimum atomic E-state index is -0.210. The van der Waals surface area contributed by atoms with Crippen LogP contribution in [0.4, 0.5) is 0 Å². The van der Waals surface area contributed by atoms with Crippen molar-refractivity contribution in [3.8, 4) is 33.8 Å². The number of benzene rings is 4. The number of aromatic hydroxyl groups is 2. The lowest BCUT2D eigenvalue weighted by Gasteiger charge is -2.36. The molecule has 4 aromatic rings. The highest BCUT2D eigenvalue weighted by molar-refractivity contribution is 5.73. The molecule has 0 amide bonds. The molecular weight excluding hydrogens is 428 g/mol. The van der Waals surface area contributed by atoms with E-state index in [9.17, 15) is 10.2 Å². The van der Waals surface area contributed by atoms with Crippen molar-refractivity contribution in [2.75, 3.05) is 0 Å². The van der Waals surface area contributed by atoms with Crippen LogP contribution in [0.1, 0.15) is 63.5 Å². The molecule has 0 saturated heterocycles. The average Bonchev–Trinajstić information content (AvgIpc) is 2.90. The lowest BCUT2D eigenvalue weighted by Crippen LogP contribution is -2.28. The highest BCUT2D eigenvalue weighted by atomic mass is 16.3. The fourth-order valence-corrected chi connectivity index (χ4v) is 5.34. The Labute approximate surface area is 209 Å². The molecule has 0 aliphatic heterocycles. The quantitative estimate of drug-likeness (QED) is 0.230. The first-order chi connectivity index (χ1) is 17.1. The molecule has 0 fully saturated rings. The molecule has 0 atom stereocenters. The maximum absolute atomic E-state index is 10.8. The Balaban J connectivity index is 1.91. The average molecular weight is 465 g/mol. The van der Waals surface area contributed by atoms with Gasteiger partial charge in [0.05, 0.1) is 0 Å². The second-order valence-electron chi connectivity index (χ2n) is 9.49. The SMILES string of the molecule is CCCCCC(CCC)(c1ccc(O)c(-c2ccccc2)c1)c1ccc(O)c(-c2ccccc2)c1. The van der Waals surface area contributed by atoms with Gasteiger partial charge in [0.2, 0.25) is 0 Å².